The third-order valence-corrected chi connectivity index (χ3v) is 5.98. The molecule has 4 nitrogen and oxygen atoms in total. The molecule has 0 saturated carbocycles. The first kappa shape index (κ1) is 14.7. The molecule has 0 spiro atoms. The van der Waals surface area contributed by atoms with Gasteiger partial charge in [0.15, 0.2) is 0 Å². The highest BCUT2D eigenvalue weighted by Gasteiger charge is 2.31. The van der Waals surface area contributed by atoms with Crippen molar-refractivity contribution in [2.75, 3.05) is 0 Å². The van der Waals surface area contributed by atoms with Crippen molar-refractivity contribution in [2.24, 2.45) is 7.05 Å². The van der Waals surface area contributed by atoms with E-state index in [0.29, 0.717) is 4.88 Å². The SMILES string of the molecule is Cn1ncc2c1-c1c(SC(C)(C)C)sc(C(=O)O)c1CC2. The highest BCUT2D eigenvalue weighted by molar-refractivity contribution is 8.02. The fraction of sp³-hybridized carbons (Fsp3) is 0.467. The van der Waals surface area contributed by atoms with Crippen molar-refractivity contribution in [1.29, 1.82) is 0 Å². The molecule has 1 aliphatic rings. The monoisotopic (exact) mass is 322 g/mol. The Kier molecular flexibility index (Phi) is 3.41. The summed E-state index contributed by atoms with van der Waals surface area (Å²) in [6.07, 6.45) is 3.56. The van der Waals surface area contributed by atoms with Crippen LogP contribution < -0.4 is 0 Å². The minimum Gasteiger partial charge on any atom is -0.477 e. The zero-order valence-electron chi connectivity index (χ0n) is 12.6. The summed E-state index contributed by atoms with van der Waals surface area (Å²) in [6.45, 7) is 6.45. The Hall–Kier alpha value is -1.27. The Morgan fingerprint density at radius 2 is 2.14 bits per heavy atom. The summed E-state index contributed by atoms with van der Waals surface area (Å²) in [7, 11) is 1.93. The Morgan fingerprint density at radius 1 is 1.43 bits per heavy atom. The van der Waals surface area contributed by atoms with E-state index in [1.165, 1.54) is 16.9 Å². The summed E-state index contributed by atoms with van der Waals surface area (Å²) in [6, 6.07) is 0. The van der Waals surface area contributed by atoms with Crippen molar-refractivity contribution in [2.45, 2.75) is 42.6 Å². The molecular formula is C15H18N2O2S2. The van der Waals surface area contributed by atoms with E-state index in [1.807, 2.05) is 17.9 Å². The predicted octanol–water partition coefficient (Wildman–Crippen LogP) is 3.84. The normalized spacial score (nSPS) is 13.9. The van der Waals surface area contributed by atoms with Gasteiger partial charge in [-0.25, -0.2) is 4.79 Å². The first-order valence-electron chi connectivity index (χ1n) is 6.87. The van der Waals surface area contributed by atoms with Crippen LogP contribution in [-0.2, 0) is 19.9 Å². The van der Waals surface area contributed by atoms with Gasteiger partial charge in [0.25, 0.3) is 0 Å². The molecule has 3 rings (SSSR count). The molecule has 21 heavy (non-hydrogen) atoms. The second-order valence-electron chi connectivity index (χ2n) is 6.23. The average Bonchev–Trinajstić information content (AvgIpc) is 2.89. The number of carbonyl (C=O) groups is 1. The number of fused-ring (bicyclic) bond motifs is 3. The molecule has 0 radical (unpaired) electrons. The first-order chi connectivity index (χ1) is 9.78. The van der Waals surface area contributed by atoms with E-state index in [0.717, 1.165) is 33.9 Å². The number of carboxylic acid groups (broad SMARTS) is 1. The molecule has 0 amide bonds. The summed E-state index contributed by atoms with van der Waals surface area (Å²) >= 11 is 3.15. The van der Waals surface area contributed by atoms with Crippen LogP contribution in [0.4, 0.5) is 0 Å². The smallest absolute Gasteiger partial charge is 0.346 e. The van der Waals surface area contributed by atoms with Crippen molar-refractivity contribution in [1.82, 2.24) is 9.78 Å². The molecule has 1 aliphatic carbocycles. The summed E-state index contributed by atoms with van der Waals surface area (Å²) in [5, 5.41) is 13.9. The van der Waals surface area contributed by atoms with E-state index in [9.17, 15) is 9.90 Å². The van der Waals surface area contributed by atoms with E-state index < -0.39 is 5.97 Å². The number of thioether (sulfide) groups is 1. The Morgan fingerprint density at radius 3 is 2.76 bits per heavy atom. The van der Waals surface area contributed by atoms with Crippen LogP contribution in [0.15, 0.2) is 10.4 Å². The average molecular weight is 322 g/mol. The van der Waals surface area contributed by atoms with Gasteiger partial charge >= 0.3 is 5.97 Å². The highest BCUT2D eigenvalue weighted by Crippen LogP contribution is 2.49. The van der Waals surface area contributed by atoms with Gasteiger partial charge in [0.05, 0.1) is 16.1 Å². The Bertz CT molecular complexity index is 723. The summed E-state index contributed by atoms with van der Waals surface area (Å²) in [4.78, 5) is 12.1. The zero-order chi connectivity index (χ0) is 15.4. The lowest BCUT2D eigenvalue weighted by molar-refractivity contribution is 0.0701. The van der Waals surface area contributed by atoms with Gasteiger partial charge in [-0.3, -0.25) is 4.68 Å². The van der Waals surface area contributed by atoms with Crippen molar-refractivity contribution in [3.05, 3.63) is 22.2 Å². The molecule has 2 aromatic heterocycles. The van der Waals surface area contributed by atoms with E-state index in [4.69, 9.17) is 0 Å². The third kappa shape index (κ3) is 2.51. The van der Waals surface area contributed by atoms with Crippen LogP contribution in [-0.4, -0.2) is 25.6 Å². The maximum absolute atomic E-state index is 11.6. The lowest BCUT2D eigenvalue weighted by Gasteiger charge is -2.20. The molecule has 6 heteroatoms. The quantitative estimate of drug-likeness (QED) is 0.854. The summed E-state index contributed by atoms with van der Waals surface area (Å²) in [5.74, 6) is -0.817. The van der Waals surface area contributed by atoms with E-state index in [1.54, 1.807) is 11.8 Å². The van der Waals surface area contributed by atoms with E-state index in [-0.39, 0.29) is 4.75 Å². The molecule has 0 aliphatic heterocycles. The van der Waals surface area contributed by atoms with Gasteiger partial charge in [-0.2, -0.15) is 5.10 Å². The van der Waals surface area contributed by atoms with Crippen LogP contribution in [0.25, 0.3) is 11.3 Å². The molecule has 112 valence electrons. The molecule has 0 bridgehead atoms. The summed E-state index contributed by atoms with van der Waals surface area (Å²) in [5.41, 5.74) is 4.39. The lowest BCUT2D eigenvalue weighted by Crippen LogP contribution is -2.09. The standard InChI is InChI=1S/C15H18N2O2S2/c1-15(2,3)21-14-10-9(12(20-14)13(18)19)6-5-8-7-16-17(4)11(8)10/h7H,5-6H2,1-4H3,(H,18,19). The van der Waals surface area contributed by atoms with Gasteiger partial charge in [0.1, 0.15) is 4.88 Å². The topological polar surface area (TPSA) is 55.1 Å². The Balaban J connectivity index is 2.24. The molecule has 2 heterocycles. The van der Waals surface area contributed by atoms with Gasteiger partial charge < -0.3 is 5.11 Å². The van der Waals surface area contributed by atoms with Crippen molar-refractivity contribution >= 4 is 29.1 Å². The van der Waals surface area contributed by atoms with Crippen LogP contribution >= 0.6 is 23.1 Å². The van der Waals surface area contributed by atoms with Gasteiger partial charge in [0, 0.05) is 17.4 Å². The number of aromatic nitrogens is 2. The molecule has 2 aromatic rings. The van der Waals surface area contributed by atoms with Crippen LogP contribution in [0, 0.1) is 0 Å². The lowest BCUT2D eigenvalue weighted by atomic mass is 9.92. The highest BCUT2D eigenvalue weighted by atomic mass is 32.2. The molecule has 0 atom stereocenters. The molecule has 0 unspecified atom stereocenters. The minimum absolute atomic E-state index is 0.0462. The minimum atomic E-state index is -0.817. The molecule has 1 N–H and O–H groups in total. The first-order valence-corrected chi connectivity index (χ1v) is 8.50. The maximum Gasteiger partial charge on any atom is 0.346 e. The largest absolute Gasteiger partial charge is 0.477 e. The van der Waals surface area contributed by atoms with Gasteiger partial charge in [-0.05, 0) is 24.0 Å². The van der Waals surface area contributed by atoms with Gasteiger partial charge in [0.2, 0.25) is 0 Å². The van der Waals surface area contributed by atoms with Crippen LogP contribution in [0.5, 0.6) is 0 Å². The second kappa shape index (κ2) is 4.88. The van der Waals surface area contributed by atoms with E-state index >= 15 is 0 Å². The number of aromatic carboxylic acids is 1. The number of thiophene rings is 1. The fourth-order valence-corrected chi connectivity index (χ4v) is 5.66. The number of hydrogen-bond donors (Lipinski definition) is 1. The number of rotatable bonds is 2. The second-order valence-corrected chi connectivity index (χ2v) is 9.35. The molecule has 0 fully saturated rings. The Labute approximate surface area is 132 Å². The molecule has 0 saturated heterocycles. The number of aryl methyl sites for hydroxylation is 2. The molecular weight excluding hydrogens is 304 g/mol. The fourth-order valence-electron chi connectivity index (χ4n) is 2.69. The maximum atomic E-state index is 11.6. The zero-order valence-corrected chi connectivity index (χ0v) is 14.2. The predicted molar refractivity (Wildman–Crippen MR) is 86.5 cm³/mol. The van der Waals surface area contributed by atoms with Crippen LogP contribution in [0.3, 0.4) is 0 Å². The third-order valence-electron chi connectivity index (χ3n) is 3.46. The number of hydrogen-bond acceptors (Lipinski definition) is 4. The van der Waals surface area contributed by atoms with Crippen LogP contribution in [0.2, 0.25) is 0 Å². The van der Waals surface area contributed by atoms with Crippen molar-refractivity contribution in [3.63, 3.8) is 0 Å². The van der Waals surface area contributed by atoms with Gasteiger partial charge in [-0.15, -0.1) is 23.1 Å². The molecule has 0 aromatic carbocycles. The van der Waals surface area contributed by atoms with E-state index in [2.05, 4.69) is 25.9 Å². The van der Waals surface area contributed by atoms with Crippen molar-refractivity contribution < 1.29 is 9.90 Å². The number of carboxylic acids is 1. The number of nitrogens with zero attached hydrogens (tertiary/aromatic N) is 2. The van der Waals surface area contributed by atoms with Gasteiger partial charge in [-0.1, -0.05) is 20.8 Å². The van der Waals surface area contributed by atoms with Crippen molar-refractivity contribution in [3.8, 4) is 11.3 Å². The van der Waals surface area contributed by atoms with Crippen LogP contribution in [0.1, 0.15) is 41.6 Å². The summed E-state index contributed by atoms with van der Waals surface area (Å²) < 4.78 is 3.02.